The molecule has 0 saturated heterocycles. The smallest absolute Gasteiger partial charge is 0.337 e. The average molecular weight is 404 g/mol. The summed E-state index contributed by atoms with van der Waals surface area (Å²) in [5, 5.41) is 3.07. The van der Waals surface area contributed by atoms with Gasteiger partial charge < -0.3 is 9.30 Å². The van der Waals surface area contributed by atoms with E-state index in [1.807, 2.05) is 66.6 Å². The molecule has 2 aromatic carbocycles. The van der Waals surface area contributed by atoms with Gasteiger partial charge in [0, 0.05) is 36.4 Å². The molecule has 0 saturated carbocycles. The van der Waals surface area contributed by atoms with Crippen molar-refractivity contribution in [1.82, 2.24) is 14.5 Å². The summed E-state index contributed by atoms with van der Waals surface area (Å²) in [6.07, 6.45) is 8.16. The van der Waals surface area contributed by atoms with E-state index in [0.29, 0.717) is 5.56 Å². The predicted octanol–water partition coefficient (Wildman–Crippen LogP) is 4.82. The van der Waals surface area contributed by atoms with Crippen LogP contribution in [0.1, 0.15) is 26.8 Å². The highest BCUT2D eigenvalue weighted by Crippen LogP contribution is 2.29. The van der Waals surface area contributed by atoms with E-state index in [2.05, 4.69) is 20.6 Å². The van der Waals surface area contributed by atoms with Crippen molar-refractivity contribution in [3.05, 3.63) is 95.0 Å². The van der Waals surface area contributed by atoms with Crippen LogP contribution in [0.15, 0.2) is 78.8 Å². The number of aromatic nitrogens is 3. The molecular weight excluding hydrogens is 382 g/mol. The molecule has 6 heteroatoms. The number of methoxy groups -OCH3 is 1. The van der Waals surface area contributed by atoms with Gasteiger partial charge >= 0.3 is 5.97 Å². The van der Waals surface area contributed by atoms with Gasteiger partial charge in [0.25, 0.3) is 0 Å². The molecule has 0 spiro atoms. The Balaban J connectivity index is 1.70. The summed E-state index contributed by atoms with van der Waals surface area (Å²) in [6.45, 7) is 0.774. The SMILES string of the molecule is COC(=O)c1cc(CC(Cn2ccnc2)c2nccs2)cc(-c2ccccc2)c1. The van der Waals surface area contributed by atoms with Gasteiger partial charge in [-0.25, -0.2) is 14.8 Å². The lowest BCUT2D eigenvalue weighted by molar-refractivity contribution is 0.0600. The molecule has 2 aromatic heterocycles. The summed E-state index contributed by atoms with van der Waals surface area (Å²) in [7, 11) is 1.41. The van der Waals surface area contributed by atoms with Gasteiger partial charge in [0.1, 0.15) is 0 Å². The van der Waals surface area contributed by atoms with Crippen LogP contribution in [0.5, 0.6) is 0 Å². The maximum Gasteiger partial charge on any atom is 0.337 e. The molecule has 1 unspecified atom stereocenters. The monoisotopic (exact) mass is 403 g/mol. The summed E-state index contributed by atoms with van der Waals surface area (Å²) in [5.41, 5.74) is 3.71. The van der Waals surface area contributed by atoms with Gasteiger partial charge in [-0.3, -0.25) is 0 Å². The highest BCUT2D eigenvalue weighted by molar-refractivity contribution is 7.09. The quantitative estimate of drug-likeness (QED) is 0.415. The van der Waals surface area contributed by atoms with Gasteiger partial charge in [-0.15, -0.1) is 11.3 Å². The fourth-order valence-electron chi connectivity index (χ4n) is 3.44. The molecule has 146 valence electrons. The number of carbonyl (C=O) groups excluding carboxylic acids is 1. The maximum absolute atomic E-state index is 12.3. The first-order valence-electron chi connectivity index (χ1n) is 9.36. The minimum atomic E-state index is -0.329. The van der Waals surface area contributed by atoms with Crippen molar-refractivity contribution in [3.8, 4) is 11.1 Å². The summed E-state index contributed by atoms with van der Waals surface area (Å²) >= 11 is 1.65. The number of hydrogen-bond donors (Lipinski definition) is 0. The third-order valence-electron chi connectivity index (χ3n) is 4.79. The molecule has 29 heavy (non-hydrogen) atoms. The molecule has 0 fully saturated rings. The van der Waals surface area contributed by atoms with Crippen molar-refractivity contribution in [3.63, 3.8) is 0 Å². The fraction of sp³-hybridized carbons (Fsp3) is 0.174. The van der Waals surface area contributed by atoms with Crippen LogP contribution in [0.25, 0.3) is 11.1 Å². The largest absolute Gasteiger partial charge is 0.465 e. The van der Waals surface area contributed by atoms with E-state index in [9.17, 15) is 4.79 Å². The number of thiazole rings is 1. The van der Waals surface area contributed by atoms with Gasteiger partial charge in [-0.2, -0.15) is 0 Å². The first-order chi connectivity index (χ1) is 14.2. The minimum Gasteiger partial charge on any atom is -0.465 e. The molecular formula is C23H21N3O2S. The van der Waals surface area contributed by atoms with E-state index in [4.69, 9.17) is 4.74 Å². The molecule has 0 amide bonds. The molecule has 1 atom stereocenters. The van der Waals surface area contributed by atoms with Gasteiger partial charge in [0.2, 0.25) is 0 Å². The minimum absolute atomic E-state index is 0.181. The molecule has 0 radical (unpaired) electrons. The fourth-order valence-corrected chi connectivity index (χ4v) is 4.18. The molecule has 2 heterocycles. The lowest BCUT2D eigenvalue weighted by Crippen LogP contribution is -2.12. The van der Waals surface area contributed by atoms with Crippen LogP contribution in [0.3, 0.4) is 0 Å². The number of esters is 1. The molecule has 4 rings (SSSR count). The van der Waals surface area contributed by atoms with Crippen LogP contribution in [0.4, 0.5) is 0 Å². The van der Waals surface area contributed by atoms with E-state index in [0.717, 1.165) is 34.7 Å². The Morgan fingerprint density at radius 2 is 2.00 bits per heavy atom. The molecule has 0 aliphatic carbocycles. The number of ether oxygens (including phenoxy) is 1. The Morgan fingerprint density at radius 1 is 1.14 bits per heavy atom. The first kappa shape index (κ1) is 19.1. The van der Waals surface area contributed by atoms with E-state index in [1.165, 1.54) is 7.11 Å². The van der Waals surface area contributed by atoms with E-state index in [-0.39, 0.29) is 11.9 Å². The number of hydrogen-bond acceptors (Lipinski definition) is 5. The first-order valence-corrected chi connectivity index (χ1v) is 10.2. The lowest BCUT2D eigenvalue weighted by Gasteiger charge is -2.17. The van der Waals surface area contributed by atoms with Crippen molar-refractivity contribution in [2.24, 2.45) is 0 Å². The predicted molar refractivity (Wildman–Crippen MR) is 114 cm³/mol. The Bertz CT molecular complexity index is 1060. The Morgan fingerprint density at radius 3 is 2.69 bits per heavy atom. The zero-order valence-electron chi connectivity index (χ0n) is 16.1. The Kier molecular flexibility index (Phi) is 5.81. The Labute approximate surface area is 173 Å². The lowest BCUT2D eigenvalue weighted by atomic mass is 9.94. The van der Waals surface area contributed by atoms with Crippen LogP contribution < -0.4 is 0 Å². The molecule has 0 bridgehead atoms. The molecule has 0 aliphatic rings. The highest BCUT2D eigenvalue weighted by Gasteiger charge is 2.18. The van der Waals surface area contributed by atoms with Gasteiger partial charge in [-0.05, 0) is 35.2 Å². The number of imidazole rings is 1. The standard InChI is InChI=1S/C23H21N3O2S/c1-28-23(27)20-12-17(11-19(14-20)18-5-3-2-4-6-18)13-21(22-25-8-10-29-22)15-26-9-7-24-16-26/h2-12,14,16,21H,13,15H2,1H3. The average Bonchev–Trinajstić information content (AvgIpc) is 3.47. The molecule has 0 N–H and O–H groups in total. The molecule has 4 aromatic rings. The second-order valence-corrected chi connectivity index (χ2v) is 7.73. The second-order valence-electron chi connectivity index (χ2n) is 6.81. The summed E-state index contributed by atoms with van der Waals surface area (Å²) in [5.74, 6) is -0.148. The van der Waals surface area contributed by atoms with Gasteiger partial charge in [-0.1, -0.05) is 36.4 Å². The van der Waals surface area contributed by atoms with Gasteiger partial charge in [0.15, 0.2) is 0 Å². The van der Waals surface area contributed by atoms with Crippen molar-refractivity contribution < 1.29 is 9.53 Å². The maximum atomic E-state index is 12.3. The number of nitrogens with zero attached hydrogens (tertiary/aromatic N) is 3. The molecule has 0 aliphatic heterocycles. The second kappa shape index (κ2) is 8.84. The van der Waals surface area contributed by atoms with Crippen molar-refractivity contribution in [2.75, 3.05) is 7.11 Å². The zero-order chi connectivity index (χ0) is 20.1. The van der Waals surface area contributed by atoms with Crippen molar-refractivity contribution in [1.29, 1.82) is 0 Å². The van der Waals surface area contributed by atoms with Crippen molar-refractivity contribution >= 4 is 17.3 Å². The third-order valence-corrected chi connectivity index (χ3v) is 5.73. The zero-order valence-corrected chi connectivity index (χ0v) is 16.9. The number of rotatable bonds is 7. The topological polar surface area (TPSA) is 57.0 Å². The van der Waals surface area contributed by atoms with Crippen LogP contribution in [0.2, 0.25) is 0 Å². The van der Waals surface area contributed by atoms with Crippen LogP contribution in [-0.4, -0.2) is 27.6 Å². The van der Waals surface area contributed by atoms with E-state index < -0.39 is 0 Å². The normalized spacial score (nSPS) is 11.9. The highest BCUT2D eigenvalue weighted by atomic mass is 32.1. The summed E-state index contributed by atoms with van der Waals surface area (Å²) in [4.78, 5) is 21.0. The number of carbonyl (C=O) groups is 1. The van der Waals surface area contributed by atoms with Crippen LogP contribution in [-0.2, 0) is 17.7 Å². The Hall–Kier alpha value is -3.25. The van der Waals surface area contributed by atoms with Gasteiger partial charge in [0.05, 0.1) is 24.0 Å². The van der Waals surface area contributed by atoms with Crippen molar-refractivity contribution in [2.45, 2.75) is 18.9 Å². The van der Waals surface area contributed by atoms with Crippen LogP contribution >= 0.6 is 11.3 Å². The summed E-state index contributed by atoms with van der Waals surface area (Å²) in [6, 6.07) is 16.0. The number of benzene rings is 2. The van der Waals surface area contributed by atoms with E-state index >= 15 is 0 Å². The van der Waals surface area contributed by atoms with Crippen LogP contribution in [0, 0.1) is 0 Å². The van der Waals surface area contributed by atoms with E-state index in [1.54, 1.807) is 17.5 Å². The summed E-state index contributed by atoms with van der Waals surface area (Å²) < 4.78 is 7.05. The molecule has 5 nitrogen and oxygen atoms in total. The third kappa shape index (κ3) is 4.60.